The summed E-state index contributed by atoms with van der Waals surface area (Å²) in [5.41, 5.74) is 0.879. The molecule has 0 aromatic carbocycles. The Bertz CT molecular complexity index is 925. The van der Waals surface area contributed by atoms with Gasteiger partial charge < -0.3 is 15.4 Å². The molecule has 3 rings (SSSR count). The van der Waals surface area contributed by atoms with E-state index in [1.807, 2.05) is 6.92 Å². The first-order valence-electron chi connectivity index (χ1n) is 9.93. The Morgan fingerprint density at radius 1 is 1.30 bits per heavy atom. The van der Waals surface area contributed by atoms with E-state index >= 15 is 0 Å². The molecule has 164 valence electrons. The minimum atomic E-state index is -3.51. The summed E-state index contributed by atoms with van der Waals surface area (Å²) in [6.45, 7) is 4.92. The number of esters is 1. The summed E-state index contributed by atoms with van der Waals surface area (Å²) >= 11 is 1.30. The quantitative estimate of drug-likeness (QED) is 0.455. The summed E-state index contributed by atoms with van der Waals surface area (Å²) < 4.78 is 31.8. The number of hydrogen-bond donors (Lipinski definition) is 2. The van der Waals surface area contributed by atoms with Gasteiger partial charge in [0.05, 0.1) is 23.2 Å². The topological polar surface area (TPSA) is 118 Å². The van der Waals surface area contributed by atoms with Crippen molar-refractivity contribution in [3.05, 3.63) is 29.6 Å². The van der Waals surface area contributed by atoms with Crippen molar-refractivity contribution >= 4 is 33.8 Å². The molecular formula is C19H26N4O5S2. The van der Waals surface area contributed by atoms with Crippen molar-refractivity contribution < 1.29 is 22.7 Å². The molecule has 1 unspecified atom stereocenters. The van der Waals surface area contributed by atoms with Gasteiger partial charge in [-0.05, 0) is 38.3 Å². The first-order chi connectivity index (χ1) is 14.4. The average molecular weight is 455 g/mol. The molecule has 0 spiro atoms. The summed E-state index contributed by atoms with van der Waals surface area (Å²) in [6, 6.07) is 2.39. The van der Waals surface area contributed by atoms with Crippen LogP contribution in [0.1, 0.15) is 33.1 Å². The van der Waals surface area contributed by atoms with E-state index in [2.05, 4.69) is 15.6 Å². The highest BCUT2D eigenvalue weighted by Gasteiger charge is 2.31. The largest absolute Gasteiger partial charge is 0.463 e. The van der Waals surface area contributed by atoms with Crippen molar-refractivity contribution in [2.45, 2.75) is 49.1 Å². The number of nitrogens with zero attached hydrogens (tertiary/aromatic N) is 2. The number of aromatic nitrogens is 1. The zero-order valence-electron chi connectivity index (χ0n) is 17.0. The minimum Gasteiger partial charge on any atom is -0.463 e. The average Bonchev–Trinajstić information content (AvgIpc) is 3.28. The molecule has 11 heteroatoms. The number of rotatable bonds is 8. The van der Waals surface area contributed by atoms with E-state index in [1.165, 1.54) is 22.3 Å². The van der Waals surface area contributed by atoms with E-state index in [0.717, 1.165) is 12.8 Å². The van der Waals surface area contributed by atoms with Crippen LogP contribution in [-0.2, 0) is 19.6 Å². The van der Waals surface area contributed by atoms with Gasteiger partial charge in [0.1, 0.15) is 4.90 Å². The van der Waals surface area contributed by atoms with E-state index in [0.29, 0.717) is 41.6 Å². The van der Waals surface area contributed by atoms with E-state index < -0.39 is 22.0 Å². The Morgan fingerprint density at radius 3 is 2.63 bits per heavy atom. The van der Waals surface area contributed by atoms with Gasteiger partial charge in [0, 0.05) is 30.7 Å². The van der Waals surface area contributed by atoms with Gasteiger partial charge in [0.15, 0.2) is 0 Å². The maximum absolute atomic E-state index is 12.6. The van der Waals surface area contributed by atoms with Gasteiger partial charge >= 0.3 is 12.0 Å². The van der Waals surface area contributed by atoms with Crippen LogP contribution in [0, 0.1) is 0 Å². The fourth-order valence-corrected chi connectivity index (χ4v) is 5.68. The van der Waals surface area contributed by atoms with Crippen molar-refractivity contribution in [2.24, 2.45) is 0 Å². The van der Waals surface area contributed by atoms with Crippen LogP contribution in [0.5, 0.6) is 0 Å². The van der Waals surface area contributed by atoms with Crippen LogP contribution >= 0.6 is 11.8 Å². The third-order valence-electron chi connectivity index (χ3n) is 4.92. The van der Waals surface area contributed by atoms with E-state index in [-0.39, 0.29) is 17.5 Å². The molecule has 0 saturated carbocycles. The van der Waals surface area contributed by atoms with Crippen LogP contribution in [0.3, 0.4) is 0 Å². The monoisotopic (exact) mass is 454 g/mol. The number of pyridine rings is 1. The zero-order chi connectivity index (χ0) is 21.7. The number of hydrogen-bond acceptors (Lipinski definition) is 7. The number of ether oxygens (including phenoxy) is 1. The highest BCUT2D eigenvalue weighted by atomic mass is 32.2. The number of amides is 2. The predicted molar refractivity (Wildman–Crippen MR) is 112 cm³/mol. The van der Waals surface area contributed by atoms with Gasteiger partial charge in [0.2, 0.25) is 10.0 Å². The lowest BCUT2D eigenvalue weighted by Gasteiger charge is -2.28. The van der Waals surface area contributed by atoms with E-state index in [9.17, 15) is 18.0 Å². The SMILES string of the molecule is CCOC(=O)C1=C(CSc2ccc(S(=O)(=O)N3CCCC3)cn2)NC(=O)NC1CC. The molecular weight excluding hydrogens is 428 g/mol. The number of nitrogens with one attached hydrogen (secondary N) is 2. The molecule has 0 radical (unpaired) electrons. The molecule has 2 aliphatic rings. The number of urea groups is 1. The summed E-state index contributed by atoms with van der Waals surface area (Å²) in [7, 11) is -3.51. The molecule has 2 N–H and O–H groups in total. The van der Waals surface area contributed by atoms with Gasteiger partial charge in [-0.2, -0.15) is 4.31 Å². The van der Waals surface area contributed by atoms with Crippen molar-refractivity contribution in [3.8, 4) is 0 Å². The van der Waals surface area contributed by atoms with Crippen LogP contribution in [0.15, 0.2) is 39.5 Å². The van der Waals surface area contributed by atoms with Gasteiger partial charge in [-0.1, -0.05) is 6.92 Å². The van der Waals surface area contributed by atoms with E-state index in [4.69, 9.17) is 4.74 Å². The van der Waals surface area contributed by atoms with Gasteiger partial charge in [0.25, 0.3) is 0 Å². The number of thioether (sulfide) groups is 1. The fourth-order valence-electron chi connectivity index (χ4n) is 3.40. The second-order valence-electron chi connectivity index (χ2n) is 6.90. The zero-order valence-corrected chi connectivity index (χ0v) is 18.6. The Hall–Kier alpha value is -2.11. The van der Waals surface area contributed by atoms with Crippen LogP contribution in [0.4, 0.5) is 4.79 Å². The standard InChI is InChI=1S/C19H26N4O5S2/c1-3-14-17(18(24)28-4-2)15(22-19(25)21-14)12-29-16-8-7-13(11-20-16)30(26,27)23-9-5-6-10-23/h7-8,11,14H,3-6,9-10,12H2,1-2H3,(H2,21,22,25). The smallest absolute Gasteiger partial charge is 0.337 e. The van der Waals surface area contributed by atoms with Crippen molar-refractivity contribution in [1.82, 2.24) is 19.9 Å². The molecule has 1 saturated heterocycles. The Kier molecular flexibility index (Phi) is 7.37. The lowest BCUT2D eigenvalue weighted by atomic mass is 10.0. The van der Waals surface area contributed by atoms with E-state index in [1.54, 1.807) is 19.1 Å². The summed E-state index contributed by atoms with van der Waals surface area (Å²) in [5.74, 6) is -0.170. The van der Waals surface area contributed by atoms with Crippen LogP contribution in [-0.4, -0.2) is 61.2 Å². The molecule has 0 aliphatic carbocycles. The molecule has 1 atom stereocenters. The van der Waals surface area contributed by atoms with Gasteiger partial charge in [-0.25, -0.2) is 23.0 Å². The van der Waals surface area contributed by atoms with Crippen LogP contribution in [0.25, 0.3) is 0 Å². The minimum absolute atomic E-state index is 0.168. The molecule has 0 bridgehead atoms. The molecule has 2 amide bonds. The third-order valence-corrected chi connectivity index (χ3v) is 7.78. The number of sulfonamides is 1. The van der Waals surface area contributed by atoms with Crippen molar-refractivity contribution in [3.63, 3.8) is 0 Å². The summed E-state index contributed by atoms with van der Waals surface area (Å²) in [5, 5.41) is 6.01. The Labute approximate surface area is 180 Å². The Morgan fingerprint density at radius 2 is 2.03 bits per heavy atom. The summed E-state index contributed by atoms with van der Waals surface area (Å²) in [4.78, 5) is 28.8. The second-order valence-corrected chi connectivity index (χ2v) is 9.84. The van der Waals surface area contributed by atoms with Gasteiger partial charge in [-0.15, -0.1) is 11.8 Å². The molecule has 1 aromatic heterocycles. The van der Waals surface area contributed by atoms with Crippen LogP contribution in [0.2, 0.25) is 0 Å². The lowest BCUT2D eigenvalue weighted by Crippen LogP contribution is -2.50. The highest BCUT2D eigenvalue weighted by Crippen LogP contribution is 2.26. The van der Waals surface area contributed by atoms with Crippen molar-refractivity contribution in [2.75, 3.05) is 25.4 Å². The highest BCUT2D eigenvalue weighted by molar-refractivity contribution is 7.99. The molecule has 3 heterocycles. The molecule has 1 aromatic rings. The second kappa shape index (κ2) is 9.80. The predicted octanol–water partition coefficient (Wildman–Crippen LogP) is 1.87. The van der Waals surface area contributed by atoms with Crippen molar-refractivity contribution in [1.29, 1.82) is 0 Å². The molecule has 9 nitrogen and oxygen atoms in total. The normalized spacial score (nSPS) is 20.1. The first kappa shape index (κ1) is 22.6. The molecule has 30 heavy (non-hydrogen) atoms. The maximum Gasteiger partial charge on any atom is 0.337 e. The Balaban J connectivity index is 1.75. The lowest BCUT2D eigenvalue weighted by molar-refractivity contribution is -0.139. The van der Waals surface area contributed by atoms with Crippen LogP contribution < -0.4 is 10.6 Å². The third kappa shape index (κ3) is 4.96. The maximum atomic E-state index is 12.6. The van der Waals surface area contributed by atoms with Gasteiger partial charge in [-0.3, -0.25) is 0 Å². The molecule has 2 aliphatic heterocycles. The summed E-state index contributed by atoms with van der Waals surface area (Å²) in [6.07, 6.45) is 3.65. The fraction of sp³-hybridized carbons (Fsp3) is 0.526. The molecule has 1 fully saturated rings. The first-order valence-corrected chi connectivity index (χ1v) is 12.4. The number of carbonyl (C=O) groups is 2. The number of carbonyl (C=O) groups excluding carboxylic acids is 2.